The maximum Gasteiger partial charge on any atom is 0.109 e. The van der Waals surface area contributed by atoms with Crippen LogP contribution in [0.15, 0.2) is 26.4 Å². The van der Waals surface area contributed by atoms with E-state index in [4.69, 9.17) is 0 Å². The van der Waals surface area contributed by atoms with Gasteiger partial charge in [0.1, 0.15) is 6.34 Å². The molecule has 0 spiro atoms. The summed E-state index contributed by atoms with van der Waals surface area (Å²) in [5.74, 6) is 0. The maximum atomic E-state index is 4.31. The number of rotatable bonds is 4. The first-order valence-electron chi connectivity index (χ1n) is 4.77. The molecule has 0 aromatic rings. The van der Waals surface area contributed by atoms with Crippen molar-refractivity contribution in [3.8, 4) is 0 Å². The molecule has 1 aliphatic heterocycles. The molecule has 4 nitrogen and oxygen atoms in total. The second-order valence-corrected chi connectivity index (χ2v) is 2.89. The Labute approximate surface area is 84.6 Å². The second kappa shape index (κ2) is 6.07. The number of hydrogen-bond acceptors (Lipinski definition) is 3. The van der Waals surface area contributed by atoms with Crippen molar-refractivity contribution >= 4 is 18.8 Å². The van der Waals surface area contributed by atoms with Crippen LogP contribution in [0, 0.1) is 0 Å². The normalized spacial score (nSPS) is 17.3. The molecule has 1 aliphatic rings. The van der Waals surface area contributed by atoms with E-state index in [1.807, 2.05) is 20.2 Å². The van der Waals surface area contributed by atoms with Crippen LogP contribution in [0.1, 0.15) is 19.8 Å². The summed E-state index contributed by atoms with van der Waals surface area (Å²) in [5.41, 5.74) is 2.20. The largest absolute Gasteiger partial charge is 0.390 e. The highest BCUT2D eigenvalue weighted by atomic mass is 14.9. The monoisotopic (exact) mass is 192 g/mol. The van der Waals surface area contributed by atoms with Crippen molar-refractivity contribution in [1.29, 1.82) is 0 Å². The van der Waals surface area contributed by atoms with E-state index in [1.54, 1.807) is 12.6 Å². The van der Waals surface area contributed by atoms with Crippen molar-refractivity contribution in [2.24, 2.45) is 15.0 Å². The van der Waals surface area contributed by atoms with Crippen molar-refractivity contribution in [3.05, 3.63) is 11.4 Å². The minimum absolute atomic E-state index is 0.601. The molecule has 0 aromatic carbocycles. The molecule has 0 radical (unpaired) electrons. The summed E-state index contributed by atoms with van der Waals surface area (Å²) in [5, 5.41) is 3.15. The van der Waals surface area contributed by atoms with Gasteiger partial charge in [-0.1, -0.05) is 0 Å². The van der Waals surface area contributed by atoms with Crippen molar-refractivity contribution < 1.29 is 0 Å². The van der Waals surface area contributed by atoms with E-state index in [0.29, 0.717) is 6.54 Å². The second-order valence-electron chi connectivity index (χ2n) is 2.89. The van der Waals surface area contributed by atoms with Gasteiger partial charge in [-0.05, 0) is 19.8 Å². The fourth-order valence-corrected chi connectivity index (χ4v) is 1.25. The number of hydrogen-bond donors (Lipinski definition) is 1. The Balaban J connectivity index is 2.56. The lowest BCUT2D eigenvalue weighted by atomic mass is 10.1. The zero-order valence-corrected chi connectivity index (χ0v) is 8.70. The summed E-state index contributed by atoms with van der Waals surface area (Å²) in [6.45, 7) is 2.47. The van der Waals surface area contributed by atoms with E-state index < -0.39 is 0 Å². The Morgan fingerprint density at radius 2 is 2.50 bits per heavy atom. The van der Waals surface area contributed by atoms with Crippen LogP contribution in [0.4, 0.5) is 0 Å². The summed E-state index contributed by atoms with van der Waals surface area (Å²) in [7, 11) is 1.92. The van der Waals surface area contributed by atoms with Crippen molar-refractivity contribution in [3.63, 3.8) is 0 Å². The first-order valence-corrected chi connectivity index (χ1v) is 4.77. The minimum Gasteiger partial charge on any atom is -0.390 e. The van der Waals surface area contributed by atoms with Gasteiger partial charge in [-0.15, -0.1) is 0 Å². The molecule has 0 bridgehead atoms. The molecule has 0 fully saturated rings. The van der Waals surface area contributed by atoms with Crippen molar-refractivity contribution in [2.75, 3.05) is 13.6 Å². The SMILES string of the molecule is C/C=N\C=N/CC1=C(NC)CCC=N1. The van der Waals surface area contributed by atoms with E-state index in [0.717, 1.165) is 18.5 Å². The Morgan fingerprint density at radius 1 is 1.64 bits per heavy atom. The highest BCUT2D eigenvalue weighted by molar-refractivity contribution is 5.70. The van der Waals surface area contributed by atoms with E-state index >= 15 is 0 Å². The topological polar surface area (TPSA) is 49.1 Å². The Morgan fingerprint density at radius 3 is 3.21 bits per heavy atom. The molecular formula is C10H16N4. The molecular weight excluding hydrogens is 176 g/mol. The number of nitrogens with one attached hydrogen (secondary N) is 1. The highest BCUT2D eigenvalue weighted by Gasteiger charge is 2.06. The zero-order chi connectivity index (χ0) is 10.2. The fourth-order valence-electron chi connectivity index (χ4n) is 1.25. The van der Waals surface area contributed by atoms with Crippen LogP contribution in [0.2, 0.25) is 0 Å². The lowest BCUT2D eigenvalue weighted by molar-refractivity contribution is 0.814. The lowest BCUT2D eigenvalue weighted by Crippen LogP contribution is -2.13. The van der Waals surface area contributed by atoms with Gasteiger partial charge in [0.05, 0.1) is 12.2 Å². The first kappa shape index (κ1) is 10.6. The number of allylic oxidation sites excluding steroid dienone is 1. The van der Waals surface area contributed by atoms with E-state index in [1.165, 1.54) is 5.70 Å². The predicted octanol–water partition coefficient (Wildman–Crippen LogP) is 1.40. The van der Waals surface area contributed by atoms with Gasteiger partial charge in [0.15, 0.2) is 0 Å². The van der Waals surface area contributed by atoms with Gasteiger partial charge in [0, 0.05) is 25.2 Å². The van der Waals surface area contributed by atoms with Crippen LogP contribution in [0.25, 0.3) is 0 Å². The average Bonchev–Trinajstić information content (AvgIpc) is 2.25. The van der Waals surface area contributed by atoms with Gasteiger partial charge >= 0.3 is 0 Å². The van der Waals surface area contributed by atoms with Gasteiger partial charge in [-0.25, -0.2) is 4.99 Å². The molecule has 0 saturated heterocycles. The molecule has 4 heteroatoms. The van der Waals surface area contributed by atoms with E-state index in [-0.39, 0.29) is 0 Å². The van der Waals surface area contributed by atoms with Gasteiger partial charge in [-0.2, -0.15) is 0 Å². The van der Waals surface area contributed by atoms with Crippen LogP contribution < -0.4 is 5.32 Å². The quantitative estimate of drug-likeness (QED) is 0.531. The molecule has 0 atom stereocenters. The van der Waals surface area contributed by atoms with Crippen LogP contribution in [-0.4, -0.2) is 32.4 Å². The van der Waals surface area contributed by atoms with Gasteiger partial charge in [0.25, 0.3) is 0 Å². The first-order chi connectivity index (χ1) is 6.88. The summed E-state index contributed by atoms with van der Waals surface area (Å²) in [6, 6.07) is 0. The molecule has 1 heterocycles. The smallest absolute Gasteiger partial charge is 0.109 e. The number of aliphatic imine (C=N–C) groups is 3. The van der Waals surface area contributed by atoms with Gasteiger partial charge < -0.3 is 5.32 Å². The predicted molar refractivity (Wildman–Crippen MR) is 61.3 cm³/mol. The molecule has 1 N–H and O–H groups in total. The van der Waals surface area contributed by atoms with Crippen LogP contribution in [-0.2, 0) is 0 Å². The summed E-state index contributed by atoms with van der Waals surface area (Å²) in [6.07, 6.45) is 7.25. The van der Waals surface area contributed by atoms with Crippen LogP contribution >= 0.6 is 0 Å². The van der Waals surface area contributed by atoms with Gasteiger partial charge in [0.2, 0.25) is 0 Å². The van der Waals surface area contributed by atoms with Crippen LogP contribution in [0.3, 0.4) is 0 Å². The molecule has 1 rings (SSSR count). The van der Waals surface area contributed by atoms with Crippen LogP contribution in [0.5, 0.6) is 0 Å². The highest BCUT2D eigenvalue weighted by Crippen LogP contribution is 2.13. The maximum absolute atomic E-state index is 4.31. The fraction of sp³-hybridized carbons (Fsp3) is 0.500. The molecule has 0 aromatic heterocycles. The molecule has 14 heavy (non-hydrogen) atoms. The standard InChI is InChI=1S/C10H16N4/c1-3-12-8-13-7-10-9(11-2)5-4-6-14-10/h3,6,8,11H,4-5,7H2,1-2H3/b12-3-,13-8-. The Hall–Kier alpha value is -1.45. The minimum atomic E-state index is 0.601. The Bertz CT molecular complexity index is 286. The summed E-state index contributed by atoms with van der Waals surface area (Å²) >= 11 is 0. The molecule has 0 unspecified atom stereocenters. The third-order valence-corrected chi connectivity index (χ3v) is 1.96. The molecule has 0 saturated carbocycles. The van der Waals surface area contributed by atoms with E-state index in [9.17, 15) is 0 Å². The lowest BCUT2D eigenvalue weighted by Gasteiger charge is -2.12. The number of nitrogens with zero attached hydrogens (tertiary/aromatic N) is 3. The van der Waals surface area contributed by atoms with Crippen molar-refractivity contribution in [1.82, 2.24) is 5.32 Å². The Kier molecular flexibility index (Phi) is 4.61. The summed E-state index contributed by atoms with van der Waals surface area (Å²) in [4.78, 5) is 12.3. The zero-order valence-electron chi connectivity index (χ0n) is 8.70. The third-order valence-electron chi connectivity index (χ3n) is 1.96. The molecule has 0 amide bonds. The van der Waals surface area contributed by atoms with Crippen molar-refractivity contribution in [2.45, 2.75) is 19.8 Å². The molecule has 0 aliphatic carbocycles. The third kappa shape index (κ3) is 3.12. The molecule has 76 valence electrons. The average molecular weight is 192 g/mol. The van der Waals surface area contributed by atoms with E-state index in [2.05, 4.69) is 20.3 Å². The summed E-state index contributed by atoms with van der Waals surface area (Å²) < 4.78 is 0. The van der Waals surface area contributed by atoms with Gasteiger partial charge in [-0.3, -0.25) is 9.98 Å².